The highest BCUT2D eigenvalue weighted by atomic mass is 16.2. The Morgan fingerprint density at radius 3 is 1.73 bits per heavy atom. The van der Waals surface area contributed by atoms with Gasteiger partial charge in [0, 0.05) is 18.8 Å². The minimum absolute atomic E-state index is 0.0437. The van der Waals surface area contributed by atoms with E-state index in [2.05, 4.69) is 12.2 Å². The molecule has 1 amide bonds. The normalized spacial score (nSPS) is 13.0. The molecular weight excluding hydrogens is 414 g/mol. The maximum Gasteiger partial charge on any atom is 0.224 e. The van der Waals surface area contributed by atoms with Crippen LogP contribution in [-0.2, 0) is 14.4 Å². The number of hydrogen-bond acceptors (Lipinski definition) is 5. The third kappa shape index (κ3) is 18.8. The number of Topliss-reactive ketones (excluding diaryl/α,β-unsaturated/α-hetero) is 2. The van der Waals surface area contributed by atoms with Crippen LogP contribution in [0.2, 0.25) is 0 Å². The molecule has 2 atom stereocenters. The summed E-state index contributed by atoms with van der Waals surface area (Å²) in [7, 11) is 0. The van der Waals surface area contributed by atoms with Crippen LogP contribution in [0.25, 0.3) is 0 Å². The maximum atomic E-state index is 12.9. The van der Waals surface area contributed by atoms with Gasteiger partial charge in [-0.3, -0.25) is 14.4 Å². The number of hydrogen-bond donors (Lipinski definition) is 3. The van der Waals surface area contributed by atoms with Gasteiger partial charge in [-0.05, 0) is 58.5 Å². The van der Waals surface area contributed by atoms with Crippen LogP contribution in [0.3, 0.4) is 0 Å². The zero-order valence-corrected chi connectivity index (χ0v) is 21.7. The lowest BCUT2D eigenvalue weighted by molar-refractivity contribution is -0.132. The zero-order chi connectivity index (χ0) is 24.7. The summed E-state index contributed by atoms with van der Waals surface area (Å²) in [5.41, 5.74) is 11.1. The first kappa shape index (κ1) is 31.7. The summed E-state index contributed by atoms with van der Waals surface area (Å²) in [6.07, 6.45) is 17.7. The number of nitrogens with one attached hydrogen (secondary N) is 1. The summed E-state index contributed by atoms with van der Waals surface area (Å²) < 4.78 is 0. The summed E-state index contributed by atoms with van der Waals surface area (Å²) >= 11 is 0. The quantitative estimate of drug-likeness (QED) is 0.169. The first-order chi connectivity index (χ1) is 16.0. The van der Waals surface area contributed by atoms with E-state index in [9.17, 15) is 14.4 Å². The molecule has 0 aromatic rings. The van der Waals surface area contributed by atoms with Crippen molar-refractivity contribution in [2.75, 3.05) is 13.1 Å². The highest BCUT2D eigenvalue weighted by molar-refractivity contribution is 5.90. The van der Waals surface area contributed by atoms with Crippen molar-refractivity contribution in [3.8, 4) is 0 Å². The average molecular weight is 468 g/mol. The van der Waals surface area contributed by atoms with Crippen LogP contribution in [0.5, 0.6) is 0 Å². The molecule has 0 aromatic heterocycles. The Bertz CT molecular complexity index is 511. The Balaban J connectivity index is 4.37. The number of ketones is 2. The van der Waals surface area contributed by atoms with Gasteiger partial charge < -0.3 is 16.8 Å². The molecule has 33 heavy (non-hydrogen) atoms. The van der Waals surface area contributed by atoms with Gasteiger partial charge in [-0.15, -0.1) is 0 Å². The molecular formula is C27H53N3O3. The van der Waals surface area contributed by atoms with Crippen LogP contribution >= 0.6 is 0 Å². The average Bonchev–Trinajstić information content (AvgIpc) is 2.79. The van der Waals surface area contributed by atoms with Crippen LogP contribution in [0.1, 0.15) is 129 Å². The number of carbonyl (C=O) groups excluding carboxylic acids is 3. The molecule has 0 radical (unpaired) electrons. The minimum atomic E-state index is -0.488. The van der Waals surface area contributed by atoms with Gasteiger partial charge in [0.1, 0.15) is 5.78 Å². The molecule has 0 saturated heterocycles. The first-order valence-corrected chi connectivity index (χ1v) is 13.7. The Morgan fingerprint density at radius 1 is 0.697 bits per heavy atom. The molecule has 2 unspecified atom stereocenters. The molecule has 194 valence electrons. The smallest absolute Gasteiger partial charge is 0.224 e. The fourth-order valence-corrected chi connectivity index (χ4v) is 4.21. The molecule has 0 aromatic carbocycles. The van der Waals surface area contributed by atoms with Crippen molar-refractivity contribution in [1.82, 2.24) is 5.32 Å². The van der Waals surface area contributed by atoms with Crippen molar-refractivity contribution in [1.29, 1.82) is 0 Å². The third-order valence-corrected chi connectivity index (χ3v) is 6.41. The second-order valence-electron chi connectivity index (χ2n) is 9.61. The minimum Gasteiger partial charge on any atom is -0.346 e. The van der Waals surface area contributed by atoms with Gasteiger partial charge in [0.05, 0.1) is 6.04 Å². The maximum absolute atomic E-state index is 12.9. The van der Waals surface area contributed by atoms with E-state index >= 15 is 0 Å². The molecule has 0 aliphatic heterocycles. The SMILES string of the molecule is CCCCCCCCCCCCC(=O)CC(CCCCN)C(=O)NC(CCCCN)C(C)=O. The molecule has 5 N–H and O–H groups in total. The van der Waals surface area contributed by atoms with Crippen molar-refractivity contribution >= 4 is 17.5 Å². The molecule has 0 heterocycles. The van der Waals surface area contributed by atoms with E-state index in [0.717, 1.165) is 38.5 Å². The summed E-state index contributed by atoms with van der Waals surface area (Å²) in [5.74, 6) is -0.428. The molecule has 0 fully saturated rings. The summed E-state index contributed by atoms with van der Waals surface area (Å²) in [4.78, 5) is 37.4. The monoisotopic (exact) mass is 467 g/mol. The first-order valence-electron chi connectivity index (χ1n) is 13.7. The summed E-state index contributed by atoms with van der Waals surface area (Å²) in [6, 6.07) is -0.488. The molecule has 0 saturated carbocycles. The van der Waals surface area contributed by atoms with Gasteiger partial charge in [-0.1, -0.05) is 71.1 Å². The van der Waals surface area contributed by atoms with Crippen molar-refractivity contribution in [3.05, 3.63) is 0 Å². The lowest BCUT2D eigenvalue weighted by Gasteiger charge is -2.21. The number of amides is 1. The lowest BCUT2D eigenvalue weighted by atomic mass is 9.92. The predicted octanol–water partition coefficient (Wildman–Crippen LogP) is 5.20. The van der Waals surface area contributed by atoms with E-state index < -0.39 is 6.04 Å². The van der Waals surface area contributed by atoms with Gasteiger partial charge in [-0.2, -0.15) is 0 Å². The molecule has 6 nitrogen and oxygen atoms in total. The molecule has 0 spiro atoms. The Hall–Kier alpha value is -1.27. The highest BCUT2D eigenvalue weighted by Crippen LogP contribution is 2.18. The Labute approximate surface area is 203 Å². The van der Waals surface area contributed by atoms with Crippen molar-refractivity contribution in [2.45, 2.75) is 135 Å². The predicted molar refractivity (Wildman–Crippen MR) is 138 cm³/mol. The van der Waals surface area contributed by atoms with Crippen LogP contribution in [0.15, 0.2) is 0 Å². The van der Waals surface area contributed by atoms with Crippen molar-refractivity contribution < 1.29 is 14.4 Å². The standard InChI is InChI=1S/C27H53N3O3/c1-3-4-5-6-7-8-9-10-11-12-18-25(32)22-24(17-13-15-20-28)27(33)30-26(23(2)31)19-14-16-21-29/h24,26H,3-22,28-29H2,1-2H3,(H,30,33). The molecule has 0 aliphatic carbocycles. The van der Waals surface area contributed by atoms with Gasteiger partial charge in [0.15, 0.2) is 5.78 Å². The Kier molecular flexibility index (Phi) is 21.7. The van der Waals surface area contributed by atoms with Gasteiger partial charge in [-0.25, -0.2) is 0 Å². The second kappa shape index (κ2) is 22.5. The Morgan fingerprint density at radius 2 is 1.21 bits per heavy atom. The number of carbonyl (C=O) groups is 3. The summed E-state index contributed by atoms with van der Waals surface area (Å²) in [5, 5.41) is 2.90. The fourth-order valence-electron chi connectivity index (χ4n) is 4.21. The van der Waals surface area contributed by atoms with E-state index in [1.165, 1.54) is 58.3 Å². The van der Waals surface area contributed by atoms with Crippen molar-refractivity contribution in [2.24, 2.45) is 17.4 Å². The largest absolute Gasteiger partial charge is 0.346 e. The lowest BCUT2D eigenvalue weighted by Crippen LogP contribution is -2.43. The van der Waals surface area contributed by atoms with Crippen molar-refractivity contribution in [3.63, 3.8) is 0 Å². The van der Waals surface area contributed by atoms with E-state index in [-0.39, 0.29) is 29.8 Å². The van der Waals surface area contributed by atoms with Crippen LogP contribution in [0, 0.1) is 5.92 Å². The third-order valence-electron chi connectivity index (χ3n) is 6.41. The van der Waals surface area contributed by atoms with E-state index in [1.807, 2.05) is 0 Å². The fraction of sp³-hybridized carbons (Fsp3) is 0.889. The van der Waals surface area contributed by atoms with Gasteiger partial charge in [0.25, 0.3) is 0 Å². The van der Waals surface area contributed by atoms with Crippen LogP contribution < -0.4 is 16.8 Å². The van der Waals surface area contributed by atoms with Crippen LogP contribution in [-0.4, -0.2) is 36.6 Å². The van der Waals surface area contributed by atoms with Gasteiger partial charge >= 0.3 is 0 Å². The molecule has 0 bridgehead atoms. The zero-order valence-electron chi connectivity index (χ0n) is 21.7. The molecule has 6 heteroatoms. The number of nitrogens with two attached hydrogens (primary N) is 2. The highest BCUT2D eigenvalue weighted by Gasteiger charge is 2.25. The topological polar surface area (TPSA) is 115 Å². The van der Waals surface area contributed by atoms with Gasteiger partial charge in [0.2, 0.25) is 5.91 Å². The number of unbranched alkanes of at least 4 members (excludes halogenated alkanes) is 11. The van der Waals surface area contributed by atoms with E-state index in [0.29, 0.717) is 32.4 Å². The summed E-state index contributed by atoms with van der Waals surface area (Å²) in [6.45, 7) is 4.90. The van der Waals surface area contributed by atoms with Crippen LogP contribution in [0.4, 0.5) is 0 Å². The second-order valence-corrected chi connectivity index (χ2v) is 9.61. The van der Waals surface area contributed by atoms with E-state index in [1.54, 1.807) is 0 Å². The van der Waals surface area contributed by atoms with E-state index in [4.69, 9.17) is 11.5 Å². The molecule has 0 aliphatic rings. The molecule has 0 rings (SSSR count). The number of rotatable bonds is 24.